The summed E-state index contributed by atoms with van der Waals surface area (Å²) in [5.41, 5.74) is 1.62. The fraction of sp³-hybridized carbons (Fsp3) is 0.667. The fourth-order valence-corrected chi connectivity index (χ4v) is 2.05. The zero-order chi connectivity index (χ0) is 8.81. The summed E-state index contributed by atoms with van der Waals surface area (Å²) in [4.78, 5) is 0. The quantitative estimate of drug-likeness (QED) is 0.512. The van der Waals surface area contributed by atoms with Crippen LogP contribution in [0, 0.1) is 5.92 Å². The lowest BCUT2D eigenvalue weighted by Crippen LogP contribution is -2.04. The van der Waals surface area contributed by atoms with Gasteiger partial charge in [0.1, 0.15) is 0 Å². The van der Waals surface area contributed by atoms with Crippen LogP contribution < -0.4 is 0 Å². The van der Waals surface area contributed by atoms with Crippen LogP contribution in [0.1, 0.15) is 45.4 Å². The van der Waals surface area contributed by atoms with Crippen LogP contribution in [-0.2, 0) is 0 Å². The summed E-state index contributed by atoms with van der Waals surface area (Å²) in [7, 11) is 0. The first-order chi connectivity index (χ1) is 5.88. The maximum Gasteiger partial charge on any atom is -0.00261 e. The van der Waals surface area contributed by atoms with Gasteiger partial charge in [0.15, 0.2) is 0 Å². The lowest BCUT2D eigenvalue weighted by Gasteiger charge is -2.19. The Labute approximate surface area is 76.4 Å². The maximum atomic E-state index is 3.91. The topological polar surface area (TPSA) is 0 Å². The van der Waals surface area contributed by atoms with Gasteiger partial charge < -0.3 is 0 Å². The summed E-state index contributed by atoms with van der Waals surface area (Å²) in [6.45, 7) is 6.07. The van der Waals surface area contributed by atoms with Gasteiger partial charge in [-0.2, -0.15) is 0 Å². The molecule has 1 unspecified atom stereocenters. The van der Waals surface area contributed by atoms with Gasteiger partial charge in [-0.3, -0.25) is 0 Å². The van der Waals surface area contributed by atoms with Crippen LogP contribution >= 0.6 is 0 Å². The van der Waals surface area contributed by atoms with Gasteiger partial charge in [-0.25, -0.2) is 0 Å². The van der Waals surface area contributed by atoms with Crippen molar-refractivity contribution in [1.29, 1.82) is 0 Å². The Morgan fingerprint density at radius 1 is 1.25 bits per heavy atom. The zero-order valence-corrected chi connectivity index (χ0v) is 8.18. The van der Waals surface area contributed by atoms with Crippen LogP contribution in [0.2, 0.25) is 0 Å². The summed E-state index contributed by atoms with van der Waals surface area (Å²) in [5, 5.41) is 0. The molecular formula is C12H20. The Balaban J connectivity index is 2.57. The first-order valence-electron chi connectivity index (χ1n) is 5.16. The standard InChI is InChI=1S/C12H20/c1-3-11-9-7-5-6-8-10-12(11)4-2/h3-4,11H,1,5-10H2,2H3/b12-4+. The van der Waals surface area contributed by atoms with E-state index in [0.29, 0.717) is 5.92 Å². The van der Waals surface area contributed by atoms with Crippen molar-refractivity contribution in [3.63, 3.8) is 0 Å². The second-order valence-electron chi connectivity index (χ2n) is 3.66. The molecule has 0 heteroatoms. The molecular weight excluding hydrogens is 144 g/mol. The highest BCUT2D eigenvalue weighted by Crippen LogP contribution is 2.27. The van der Waals surface area contributed by atoms with Gasteiger partial charge in [-0.05, 0) is 32.1 Å². The molecule has 68 valence electrons. The van der Waals surface area contributed by atoms with Crippen molar-refractivity contribution in [2.24, 2.45) is 5.92 Å². The average Bonchev–Trinajstić information content (AvgIpc) is 2.05. The number of hydrogen-bond donors (Lipinski definition) is 0. The Bertz CT molecular complexity index is 165. The predicted octanol–water partition coefficient (Wildman–Crippen LogP) is 4.09. The molecule has 1 saturated carbocycles. The molecule has 0 heterocycles. The van der Waals surface area contributed by atoms with Gasteiger partial charge in [-0.1, -0.05) is 37.0 Å². The summed E-state index contributed by atoms with van der Waals surface area (Å²) in [6, 6.07) is 0. The normalized spacial score (nSPS) is 29.4. The predicted molar refractivity (Wildman–Crippen MR) is 55.1 cm³/mol. The molecule has 0 aliphatic heterocycles. The second-order valence-corrected chi connectivity index (χ2v) is 3.66. The molecule has 0 bridgehead atoms. The molecule has 1 fully saturated rings. The molecule has 1 rings (SSSR count). The van der Waals surface area contributed by atoms with Crippen LogP contribution in [0.25, 0.3) is 0 Å². The second kappa shape index (κ2) is 5.18. The minimum Gasteiger partial charge on any atom is -0.102 e. The Morgan fingerprint density at radius 3 is 2.67 bits per heavy atom. The van der Waals surface area contributed by atoms with Crippen LogP contribution in [0.4, 0.5) is 0 Å². The molecule has 0 radical (unpaired) electrons. The molecule has 1 aliphatic rings. The Morgan fingerprint density at radius 2 is 2.00 bits per heavy atom. The lowest BCUT2D eigenvalue weighted by atomic mass is 9.86. The van der Waals surface area contributed by atoms with Crippen molar-refractivity contribution in [2.45, 2.75) is 45.4 Å². The minimum atomic E-state index is 0.676. The first-order valence-corrected chi connectivity index (χ1v) is 5.16. The van der Waals surface area contributed by atoms with Crippen molar-refractivity contribution < 1.29 is 0 Å². The van der Waals surface area contributed by atoms with E-state index in [1.807, 2.05) is 0 Å². The van der Waals surface area contributed by atoms with Gasteiger partial charge in [0, 0.05) is 0 Å². The maximum absolute atomic E-state index is 3.91. The molecule has 0 amide bonds. The van der Waals surface area contributed by atoms with Gasteiger partial charge in [0.2, 0.25) is 0 Å². The average molecular weight is 164 g/mol. The van der Waals surface area contributed by atoms with Crippen molar-refractivity contribution >= 4 is 0 Å². The molecule has 1 aliphatic carbocycles. The molecule has 0 spiro atoms. The minimum absolute atomic E-state index is 0.676. The van der Waals surface area contributed by atoms with E-state index in [4.69, 9.17) is 0 Å². The Hall–Kier alpha value is -0.520. The van der Waals surface area contributed by atoms with Crippen LogP contribution in [0.3, 0.4) is 0 Å². The van der Waals surface area contributed by atoms with Crippen LogP contribution in [0.15, 0.2) is 24.3 Å². The largest absolute Gasteiger partial charge is 0.102 e. The lowest BCUT2D eigenvalue weighted by molar-refractivity contribution is 0.514. The summed E-state index contributed by atoms with van der Waals surface area (Å²) in [5.74, 6) is 0.676. The van der Waals surface area contributed by atoms with Crippen molar-refractivity contribution in [2.75, 3.05) is 0 Å². The highest BCUT2D eigenvalue weighted by atomic mass is 14.2. The SMILES string of the molecule is C=CC1CCCCCC/C1=C\C. The molecule has 1 atom stereocenters. The van der Waals surface area contributed by atoms with E-state index in [1.54, 1.807) is 5.57 Å². The molecule has 0 saturated heterocycles. The number of allylic oxidation sites excluding steroid dienone is 3. The Kier molecular flexibility index (Phi) is 4.13. The molecule has 0 aromatic carbocycles. The summed E-state index contributed by atoms with van der Waals surface area (Å²) < 4.78 is 0. The van der Waals surface area contributed by atoms with Crippen molar-refractivity contribution in [3.8, 4) is 0 Å². The third-order valence-electron chi connectivity index (χ3n) is 2.86. The van der Waals surface area contributed by atoms with E-state index in [9.17, 15) is 0 Å². The van der Waals surface area contributed by atoms with Gasteiger partial charge >= 0.3 is 0 Å². The van der Waals surface area contributed by atoms with E-state index >= 15 is 0 Å². The van der Waals surface area contributed by atoms with E-state index in [-0.39, 0.29) is 0 Å². The molecule has 0 nitrogen and oxygen atoms in total. The zero-order valence-electron chi connectivity index (χ0n) is 8.18. The van der Waals surface area contributed by atoms with E-state index < -0.39 is 0 Å². The number of rotatable bonds is 1. The highest BCUT2D eigenvalue weighted by molar-refractivity contribution is 5.11. The number of hydrogen-bond acceptors (Lipinski definition) is 0. The smallest absolute Gasteiger partial charge is 0.00261 e. The van der Waals surface area contributed by atoms with E-state index in [2.05, 4.69) is 25.7 Å². The van der Waals surface area contributed by atoms with Gasteiger partial charge in [0.05, 0.1) is 0 Å². The van der Waals surface area contributed by atoms with Gasteiger partial charge in [0.25, 0.3) is 0 Å². The third-order valence-corrected chi connectivity index (χ3v) is 2.86. The van der Waals surface area contributed by atoms with E-state index in [1.165, 1.54) is 38.5 Å². The monoisotopic (exact) mass is 164 g/mol. The van der Waals surface area contributed by atoms with Crippen molar-refractivity contribution in [1.82, 2.24) is 0 Å². The first kappa shape index (κ1) is 9.57. The van der Waals surface area contributed by atoms with Crippen LogP contribution in [0.5, 0.6) is 0 Å². The molecule has 0 aromatic rings. The van der Waals surface area contributed by atoms with Crippen LogP contribution in [-0.4, -0.2) is 0 Å². The third kappa shape index (κ3) is 2.51. The molecule has 0 aromatic heterocycles. The summed E-state index contributed by atoms with van der Waals surface area (Å²) in [6.07, 6.45) is 12.6. The molecule has 12 heavy (non-hydrogen) atoms. The van der Waals surface area contributed by atoms with Crippen molar-refractivity contribution in [3.05, 3.63) is 24.3 Å². The summed E-state index contributed by atoms with van der Waals surface area (Å²) >= 11 is 0. The van der Waals surface area contributed by atoms with Gasteiger partial charge in [-0.15, -0.1) is 6.58 Å². The highest BCUT2D eigenvalue weighted by Gasteiger charge is 2.11. The van der Waals surface area contributed by atoms with E-state index in [0.717, 1.165) is 0 Å². The fourth-order valence-electron chi connectivity index (χ4n) is 2.05. The molecule has 0 N–H and O–H groups in total.